The van der Waals surface area contributed by atoms with Gasteiger partial charge in [0.15, 0.2) is 11.5 Å². The molecule has 1 aliphatic carbocycles. The minimum absolute atomic E-state index is 0.155. The normalized spacial score (nSPS) is 16.0. The highest BCUT2D eigenvalue weighted by molar-refractivity contribution is 5.94. The highest BCUT2D eigenvalue weighted by Crippen LogP contribution is 2.40. The lowest BCUT2D eigenvalue weighted by Crippen LogP contribution is -2.30. The minimum Gasteiger partial charge on any atom is -0.493 e. The molecule has 0 aromatic heterocycles. The molecule has 1 aromatic carbocycles. The molecule has 0 aliphatic heterocycles. The molecule has 2 rings (SSSR count). The number of nitrogens with one attached hydrogen (secondary N) is 1. The number of carbonyl (C=O) groups excluding carboxylic acids is 1. The van der Waals surface area contributed by atoms with E-state index in [4.69, 9.17) is 18.9 Å². The molecule has 1 amide bonds. The molecule has 1 unspecified atom stereocenters. The van der Waals surface area contributed by atoms with Crippen molar-refractivity contribution in [2.75, 3.05) is 33.8 Å². The number of anilines is 1. The van der Waals surface area contributed by atoms with Crippen molar-refractivity contribution in [1.29, 1.82) is 0 Å². The summed E-state index contributed by atoms with van der Waals surface area (Å²) in [5, 5.41) is 2.90. The Bertz CT molecular complexity index is 559. The van der Waals surface area contributed by atoms with E-state index in [9.17, 15) is 4.79 Å². The lowest BCUT2D eigenvalue weighted by atomic mass is 9.85. The van der Waals surface area contributed by atoms with Gasteiger partial charge in [-0.25, -0.2) is 0 Å². The number of amides is 1. The summed E-state index contributed by atoms with van der Waals surface area (Å²) in [4.78, 5) is 12.6. The summed E-state index contributed by atoms with van der Waals surface area (Å²) >= 11 is 0. The van der Waals surface area contributed by atoms with Crippen LogP contribution in [0.15, 0.2) is 12.1 Å². The van der Waals surface area contributed by atoms with E-state index in [1.165, 1.54) is 32.1 Å². The number of ether oxygens (including phenoxy) is 4. The van der Waals surface area contributed by atoms with Crippen LogP contribution in [-0.4, -0.2) is 40.5 Å². The first-order chi connectivity index (χ1) is 12.6. The maximum Gasteiger partial charge on any atom is 0.253 e. The zero-order chi connectivity index (χ0) is 18.9. The zero-order valence-electron chi connectivity index (χ0n) is 16.3. The summed E-state index contributed by atoms with van der Waals surface area (Å²) in [6, 6.07) is 3.43. The van der Waals surface area contributed by atoms with E-state index >= 15 is 0 Å². The summed E-state index contributed by atoms with van der Waals surface area (Å²) < 4.78 is 21.4. The molecule has 6 heteroatoms. The molecule has 0 saturated heterocycles. The van der Waals surface area contributed by atoms with Crippen LogP contribution >= 0.6 is 0 Å². The van der Waals surface area contributed by atoms with Crippen LogP contribution in [0.2, 0.25) is 0 Å². The van der Waals surface area contributed by atoms with Gasteiger partial charge in [0.05, 0.1) is 21.3 Å². The Balaban J connectivity index is 2.01. The van der Waals surface area contributed by atoms with E-state index in [1.54, 1.807) is 40.6 Å². The van der Waals surface area contributed by atoms with Crippen LogP contribution in [0.5, 0.6) is 17.2 Å². The predicted molar refractivity (Wildman–Crippen MR) is 101 cm³/mol. The van der Waals surface area contributed by atoms with Gasteiger partial charge in [-0.1, -0.05) is 32.1 Å². The van der Waals surface area contributed by atoms with Gasteiger partial charge >= 0.3 is 0 Å². The first kappa shape index (κ1) is 20.4. The molecular formula is C20H31NO5. The van der Waals surface area contributed by atoms with Crippen LogP contribution in [0.3, 0.4) is 0 Å². The minimum atomic E-state index is -0.462. The number of hydrogen-bond acceptors (Lipinski definition) is 5. The molecule has 1 fully saturated rings. The van der Waals surface area contributed by atoms with Gasteiger partial charge in [-0.2, -0.15) is 0 Å². The highest BCUT2D eigenvalue weighted by atomic mass is 16.5. The second-order valence-electron chi connectivity index (χ2n) is 6.71. The van der Waals surface area contributed by atoms with Crippen molar-refractivity contribution in [2.45, 2.75) is 51.0 Å². The highest BCUT2D eigenvalue weighted by Gasteiger charge is 2.22. The zero-order valence-corrected chi connectivity index (χ0v) is 16.3. The third-order valence-electron chi connectivity index (χ3n) is 5.07. The fourth-order valence-corrected chi connectivity index (χ4v) is 3.59. The van der Waals surface area contributed by atoms with Gasteiger partial charge in [-0.3, -0.25) is 4.79 Å². The second-order valence-corrected chi connectivity index (χ2v) is 6.71. The number of rotatable bonds is 9. The Hall–Kier alpha value is -1.95. The Morgan fingerprint density at radius 2 is 1.65 bits per heavy atom. The van der Waals surface area contributed by atoms with Gasteiger partial charge in [-0.05, 0) is 18.8 Å². The molecule has 26 heavy (non-hydrogen) atoms. The topological polar surface area (TPSA) is 66.0 Å². The van der Waals surface area contributed by atoms with Crippen molar-refractivity contribution < 1.29 is 23.7 Å². The third kappa shape index (κ3) is 5.27. The van der Waals surface area contributed by atoms with Crippen LogP contribution < -0.4 is 19.5 Å². The fraction of sp³-hybridized carbons (Fsp3) is 0.650. The first-order valence-electron chi connectivity index (χ1n) is 9.26. The van der Waals surface area contributed by atoms with Crippen molar-refractivity contribution in [2.24, 2.45) is 5.92 Å². The molecule has 0 bridgehead atoms. The van der Waals surface area contributed by atoms with E-state index in [1.807, 2.05) is 0 Å². The second kappa shape index (κ2) is 10.3. The molecule has 0 spiro atoms. The van der Waals surface area contributed by atoms with Crippen molar-refractivity contribution in [3.8, 4) is 17.2 Å². The molecule has 1 saturated carbocycles. The van der Waals surface area contributed by atoms with Crippen molar-refractivity contribution >= 4 is 11.6 Å². The average molecular weight is 365 g/mol. The van der Waals surface area contributed by atoms with E-state index in [2.05, 4.69) is 5.32 Å². The van der Waals surface area contributed by atoms with E-state index < -0.39 is 6.10 Å². The van der Waals surface area contributed by atoms with Crippen LogP contribution in [0.4, 0.5) is 5.69 Å². The number of carbonyl (C=O) groups is 1. The Morgan fingerprint density at radius 1 is 1.04 bits per heavy atom. The maximum atomic E-state index is 12.6. The number of hydrogen-bond donors (Lipinski definition) is 1. The molecule has 1 aliphatic rings. The van der Waals surface area contributed by atoms with E-state index in [0.717, 1.165) is 18.8 Å². The summed E-state index contributed by atoms with van der Waals surface area (Å²) in [5.41, 5.74) is 0.587. The summed E-state index contributed by atoms with van der Waals surface area (Å²) in [5.74, 6) is 2.05. The molecule has 1 aromatic rings. The maximum absolute atomic E-state index is 12.6. The molecule has 0 heterocycles. The fourth-order valence-electron chi connectivity index (χ4n) is 3.59. The van der Waals surface area contributed by atoms with Crippen LogP contribution in [0, 0.1) is 5.92 Å². The molecular weight excluding hydrogens is 334 g/mol. The summed E-state index contributed by atoms with van der Waals surface area (Å²) in [6.45, 7) is 0. The molecule has 1 atom stereocenters. The van der Waals surface area contributed by atoms with Gasteiger partial charge in [0.2, 0.25) is 5.75 Å². The quantitative estimate of drug-likeness (QED) is 0.716. The Kier molecular flexibility index (Phi) is 8.04. The van der Waals surface area contributed by atoms with Crippen molar-refractivity contribution in [3.63, 3.8) is 0 Å². The van der Waals surface area contributed by atoms with Crippen LogP contribution in [0.1, 0.15) is 44.9 Å². The smallest absolute Gasteiger partial charge is 0.253 e. The van der Waals surface area contributed by atoms with Gasteiger partial charge in [0.25, 0.3) is 5.91 Å². The largest absolute Gasteiger partial charge is 0.493 e. The van der Waals surface area contributed by atoms with Gasteiger partial charge in [0, 0.05) is 24.9 Å². The van der Waals surface area contributed by atoms with E-state index in [0.29, 0.717) is 22.9 Å². The number of benzene rings is 1. The predicted octanol–water partition coefficient (Wildman–Crippen LogP) is 4.03. The van der Waals surface area contributed by atoms with Crippen molar-refractivity contribution in [3.05, 3.63) is 12.1 Å². The lowest BCUT2D eigenvalue weighted by molar-refractivity contribution is -0.126. The van der Waals surface area contributed by atoms with Crippen molar-refractivity contribution in [1.82, 2.24) is 0 Å². The SMILES string of the molecule is COc1cc(NC(=O)C(CCC2CCCCC2)OC)cc(OC)c1OC. The first-order valence-corrected chi connectivity index (χ1v) is 9.26. The monoisotopic (exact) mass is 365 g/mol. The van der Waals surface area contributed by atoms with Gasteiger partial charge in [0.1, 0.15) is 6.10 Å². The Labute approximate surface area is 156 Å². The van der Waals surface area contributed by atoms with E-state index in [-0.39, 0.29) is 5.91 Å². The van der Waals surface area contributed by atoms with Gasteiger partial charge in [-0.15, -0.1) is 0 Å². The average Bonchev–Trinajstić information content (AvgIpc) is 2.68. The number of methoxy groups -OCH3 is 4. The molecule has 6 nitrogen and oxygen atoms in total. The summed E-state index contributed by atoms with van der Waals surface area (Å²) in [7, 11) is 6.22. The molecule has 0 radical (unpaired) electrons. The van der Waals surface area contributed by atoms with Crippen LogP contribution in [0.25, 0.3) is 0 Å². The summed E-state index contributed by atoms with van der Waals surface area (Å²) in [6.07, 6.45) is 7.79. The third-order valence-corrected chi connectivity index (χ3v) is 5.07. The van der Waals surface area contributed by atoms with Gasteiger partial charge < -0.3 is 24.3 Å². The molecule has 146 valence electrons. The lowest BCUT2D eigenvalue weighted by Gasteiger charge is -2.23. The van der Waals surface area contributed by atoms with Crippen LogP contribution in [-0.2, 0) is 9.53 Å². The standard InChI is InChI=1S/C20H31NO5/c1-23-16(11-10-14-8-6-5-7-9-14)20(22)21-15-12-17(24-2)19(26-4)18(13-15)25-3/h12-14,16H,5-11H2,1-4H3,(H,21,22). The Morgan fingerprint density at radius 3 is 2.15 bits per heavy atom. The molecule has 1 N–H and O–H groups in total.